The molecule has 0 saturated heterocycles. The molecule has 2 N–H and O–H groups in total. The first-order valence-electron chi connectivity index (χ1n) is 7.99. The van der Waals surface area contributed by atoms with Crippen LogP contribution in [0.1, 0.15) is 32.0 Å². The molecule has 0 bridgehead atoms. The minimum atomic E-state index is -0.287. The van der Waals surface area contributed by atoms with Crippen molar-refractivity contribution in [3.8, 4) is 11.3 Å². The monoisotopic (exact) mass is 334 g/mol. The molecule has 2 aromatic rings. The molecule has 0 spiro atoms. The van der Waals surface area contributed by atoms with Crippen molar-refractivity contribution in [1.82, 2.24) is 10.5 Å². The van der Waals surface area contributed by atoms with Crippen LogP contribution in [0, 0.1) is 12.7 Å². The van der Waals surface area contributed by atoms with Crippen LogP contribution in [-0.2, 0) is 11.3 Å². The maximum absolute atomic E-state index is 13.0. The molecule has 1 unspecified atom stereocenters. The van der Waals surface area contributed by atoms with E-state index in [9.17, 15) is 9.18 Å². The topological polar surface area (TPSA) is 59.6 Å². The zero-order valence-corrected chi connectivity index (χ0v) is 14.9. The Kier molecular flexibility index (Phi) is 5.39. The summed E-state index contributed by atoms with van der Waals surface area (Å²) in [4.78, 5) is 13.0. The quantitative estimate of drug-likeness (QED) is 0.875. The van der Waals surface area contributed by atoms with Gasteiger partial charge in [-0.3, -0.25) is 4.79 Å². The smallest absolute Gasteiger partial charge is 0.275 e. The summed E-state index contributed by atoms with van der Waals surface area (Å²) >= 11 is 0. The molecule has 0 fully saturated rings. The van der Waals surface area contributed by atoms with Crippen LogP contribution in [0.5, 0.6) is 0 Å². The van der Waals surface area contributed by atoms with Crippen LogP contribution in [-0.4, -0.2) is 30.2 Å². The number of amides is 1. The minimum absolute atomic E-state index is 0.0000870. The average Bonchev–Trinajstić information content (AvgIpc) is 2.79. The second-order valence-corrected chi connectivity index (χ2v) is 7.20. The predicted molar refractivity (Wildman–Crippen MR) is 90.0 cm³/mol. The summed E-state index contributed by atoms with van der Waals surface area (Å²) in [6.07, 6.45) is 0. The Morgan fingerprint density at radius 1 is 1.29 bits per heavy atom. The van der Waals surface area contributed by atoms with E-state index in [1.807, 2.05) is 34.7 Å². The Bertz CT molecular complexity index is 702. The van der Waals surface area contributed by atoms with E-state index in [2.05, 4.69) is 10.5 Å². The van der Waals surface area contributed by atoms with Crippen LogP contribution in [0.25, 0.3) is 11.3 Å². The van der Waals surface area contributed by atoms with Gasteiger partial charge in [0, 0.05) is 16.7 Å². The van der Waals surface area contributed by atoms with E-state index in [1.54, 1.807) is 12.1 Å². The molecule has 2 rings (SSSR count). The third kappa shape index (κ3) is 4.89. The predicted octanol–water partition coefficient (Wildman–Crippen LogP) is 1.72. The van der Waals surface area contributed by atoms with Gasteiger partial charge in [-0.05, 0) is 52.0 Å². The number of hydrogen-bond acceptors (Lipinski definition) is 3. The number of nitrogens with one attached hydrogen (secondary N) is 2. The lowest BCUT2D eigenvalue weighted by Crippen LogP contribution is -3.09. The molecular formula is C18H25FN3O2+. The van der Waals surface area contributed by atoms with E-state index >= 15 is 0 Å². The fourth-order valence-electron chi connectivity index (χ4n) is 2.49. The summed E-state index contributed by atoms with van der Waals surface area (Å²) in [5.74, 6) is 0.349. The summed E-state index contributed by atoms with van der Waals surface area (Å²) in [6.45, 7) is 8.72. The lowest BCUT2D eigenvalue weighted by molar-refractivity contribution is -0.885. The summed E-state index contributed by atoms with van der Waals surface area (Å²) in [5.41, 5.74) is 2.26. The Hall–Kier alpha value is -2.21. The van der Waals surface area contributed by atoms with Crippen LogP contribution in [0.2, 0.25) is 0 Å². The maximum atomic E-state index is 13.0. The summed E-state index contributed by atoms with van der Waals surface area (Å²) in [6, 6.07) is 6.12. The van der Waals surface area contributed by atoms with Gasteiger partial charge in [-0.1, -0.05) is 5.16 Å². The lowest BCUT2D eigenvalue weighted by atomic mass is 10.1. The SMILES string of the molecule is Cc1c(C[NH+](C)CC(=O)NC(C)(C)C)noc1-c1ccc(F)cc1. The van der Waals surface area contributed by atoms with E-state index in [-0.39, 0.29) is 17.3 Å². The van der Waals surface area contributed by atoms with Crippen molar-refractivity contribution in [2.24, 2.45) is 0 Å². The van der Waals surface area contributed by atoms with Gasteiger partial charge in [0.2, 0.25) is 0 Å². The normalized spacial score (nSPS) is 12.9. The number of carbonyl (C=O) groups is 1. The Morgan fingerprint density at radius 2 is 1.92 bits per heavy atom. The van der Waals surface area contributed by atoms with Crippen LogP contribution in [0.3, 0.4) is 0 Å². The first-order valence-corrected chi connectivity index (χ1v) is 7.99. The molecule has 0 saturated carbocycles. The van der Waals surface area contributed by atoms with Crippen LogP contribution in [0.4, 0.5) is 4.39 Å². The average molecular weight is 334 g/mol. The molecule has 0 aliphatic rings. The molecule has 1 amide bonds. The molecule has 1 heterocycles. The molecule has 0 aliphatic carbocycles. The van der Waals surface area contributed by atoms with Crippen molar-refractivity contribution in [3.63, 3.8) is 0 Å². The van der Waals surface area contributed by atoms with E-state index in [4.69, 9.17) is 4.52 Å². The number of likely N-dealkylation sites (N-methyl/N-ethyl adjacent to an activating group) is 1. The third-order valence-electron chi connectivity index (χ3n) is 3.57. The van der Waals surface area contributed by atoms with Gasteiger partial charge < -0.3 is 14.7 Å². The highest BCUT2D eigenvalue weighted by atomic mass is 19.1. The highest BCUT2D eigenvalue weighted by molar-refractivity contribution is 5.77. The highest BCUT2D eigenvalue weighted by Gasteiger charge is 2.20. The van der Waals surface area contributed by atoms with Crippen molar-refractivity contribution in [3.05, 3.63) is 41.3 Å². The Balaban J connectivity index is 2.03. The fraction of sp³-hybridized carbons (Fsp3) is 0.444. The standard InChI is InChI=1S/C18H24FN3O2/c1-12-15(10-22(5)11-16(23)20-18(2,3)4)21-24-17(12)13-6-8-14(19)9-7-13/h6-9H,10-11H2,1-5H3,(H,20,23)/p+1. The zero-order chi connectivity index (χ0) is 17.9. The number of hydrogen-bond donors (Lipinski definition) is 2. The van der Waals surface area contributed by atoms with Crippen molar-refractivity contribution in [2.45, 2.75) is 39.8 Å². The summed E-state index contributed by atoms with van der Waals surface area (Å²) in [5, 5.41) is 7.06. The molecule has 1 aromatic heterocycles. The fourth-order valence-corrected chi connectivity index (χ4v) is 2.49. The zero-order valence-electron chi connectivity index (χ0n) is 14.9. The number of aromatic nitrogens is 1. The number of rotatable bonds is 5. The molecule has 0 aliphatic heterocycles. The summed E-state index contributed by atoms with van der Waals surface area (Å²) < 4.78 is 18.5. The molecule has 24 heavy (non-hydrogen) atoms. The Morgan fingerprint density at radius 3 is 2.50 bits per heavy atom. The van der Waals surface area contributed by atoms with Gasteiger partial charge in [0.25, 0.3) is 5.91 Å². The number of halogens is 1. The second-order valence-electron chi connectivity index (χ2n) is 7.20. The van der Waals surface area contributed by atoms with Gasteiger partial charge in [-0.15, -0.1) is 0 Å². The van der Waals surface area contributed by atoms with E-state index in [0.717, 1.165) is 21.7 Å². The first-order chi connectivity index (χ1) is 11.2. The van der Waals surface area contributed by atoms with Gasteiger partial charge in [0.15, 0.2) is 12.3 Å². The number of quaternary nitrogens is 1. The van der Waals surface area contributed by atoms with Crippen molar-refractivity contribution in [2.75, 3.05) is 13.6 Å². The molecule has 1 aromatic carbocycles. The second kappa shape index (κ2) is 7.13. The minimum Gasteiger partial charge on any atom is -0.356 e. The van der Waals surface area contributed by atoms with Crippen molar-refractivity contribution in [1.29, 1.82) is 0 Å². The number of carbonyl (C=O) groups excluding carboxylic acids is 1. The van der Waals surface area contributed by atoms with Crippen molar-refractivity contribution < 1.29 is 18.6 Å². The largest absolute Gasteiger partial charge is 0.356 e. The number of benzene rings is 1. The van der Waals surface area contributed by atoms with Gasteiger partial charge in [-0.25, -0.2) is 4.39 Å². The first kappa shape index (κ1) is 18.1. The van der Waals surface area contributed by atoms with Crippen LogP contribution in [0.15, 0.2) is 28.8 Å². The van der Waals surface area contributed by atoms with Gasteiger partial charge in [0.05, 0.1) is 7.05 Å². The Labute approximate surface area is 141 Å². The lowest BCUT2D eigenvalue weighted by Gasteiger charge is -2.21. The van der Waals surface area contributed by atoms with Crippen molar-refractivity contribution >= 4 is 5.91 Å². The molecule has 6 heteroatoms. The molecular weight excluding hydrogens is 309 g/mol. The van der Waals surface area contributed by atoms with E-state index in [1.165, 1.54) is 12.1 Å². The van der Waals surface area contributed by atoms with E-state index in [0.29, 0.717) is 18.8 Å². The van der Waals surface area contributed by atoms with Crippen LogP contribution >= 0.6 is 0 Å². The molecule has 0 radical (unpaired) electrons. The summed E-state index contributed by atoms with van der Waals surface area (Å²) in [7, 11) is 1.94. The molecule has 1 atom stereocenters. The molecule has 130 valence electrons. The van der Waals surface area contributed by atoms with Gasteiger partial charge in [-0.2, -0.15) is 0 Å². The van der Waals surface area contributed by atoms with Crippen LogP contribution < -0.4 is 10.2 Å². The molecule has 5 nitrogen and oxygen atoms in total. The third-order valence-corrected chi connectivity index (χ3v) is 3.57. The van der Waals surface area contributed by atoms with Gasteiger partial charge >= 0.3 is 0 Å². The van der Waals surface area contributed by atoms with Gasteiger partial charge in [0.1, 0.15) is 18.1 Å². The number of nitrogens with zero attached hydrogens (tertiary/aromatic N) is 1. The maximum Gasteiger partial charge on any atom is 0.275 e. The highest BCUT2D eigenvalue weighted by Crippen LogP contribution is 2.25. The van der Waals surface area contributed by atoms with E-state index < -0.39 is 0 Å².